The molecule has 0 spiro atoms. The lowest BCUT2D eigenvalue weighted by atomic mass is 10.3. The summed E-state index contributed by atoms with van der Waals surface area (Å²) in [5.74, 6) is 0. The molecule has 0 radical (unpaired) electrons. The van der Waals surface area contributed by atoms with Gasteiger partial charge in [-0.2, -0.15) is 0 Å². The van der Waals surface area contributed by atoms with Gasteiger partial charge in [0.2, 0.25) is 0 Å². The second kappa shape index (κ2) is 6.58. The first-order valence-corrected chi connectivity index (χ1v) is 4.07. The number of aliphatic hydroxyl groups is 1. The monoisotopic (exact) mass is 161 g/mol. The van der Waals surface area contributed by atoms with Crippen LogP contribution in [0.2, 0.25) is 0 Å². The van der Waals surface area contributed by atoms with Crippen molar-refractivity contribution < 1.29 is 9.84 Å². The molecule has 0 fully saturated rings. The Labute approximate surface area is 69.0 Å². The molecule has 0 bridgehead atoms. The van der Waals surface area contributed by atoms with Crippen LogP contribution in [0.25, 0.3) is 0 Å². The topological polar surface area (TPSA) is 32.7 Å². The third-order valence-electron chi connectivity index (χ3n) is 1.71. The smallest absolute Gasteiger partial charge is 0.0698 e. The molecule has 0 aliphatic rings. The molecule has 0 unspecified atom stereocenters. The van der Waals surface area contributed by atoms with Crippen molar-refractivity contribution in [3.63, 3.8) is 0 Å². The number of ether oxygens (including phenoxy) is 1. The largest absolute Gasteiger partial charge is 0.394 e. The van der Waals surface area contributed by atoms with Crippen molar-refractivity contribution in [2.45, 2.75) is 19.9 Å². The van der Waals surface area contributed by atoms with Crippen molar-refractivity contribution in [1.82, 2.24) is 4.90 Å². The Bertz CT molecular complexity index is 86.2. The van der Waals surface area contributed by atoms with Crippen LogP contribution >= 0.6 is 0 Å². The van der Waals surface area contributed by atoms with Gasteiger partial charge in [0.15, 0.2) is 0 Å². The Balaban J connectivity index is 3.10. The third kappa shape index (κ3) is 6.28. The average Bonchev–Trinajstić information content (AvgIpc) is 1.97. The highest BCUT2D eigenvalue weighted by Gasteiger charge is 2.00. The van der Waals surface area contributed by atoms with Crippen LogP contribution in [-0.4, -0.2) is 49.5 Å². The molecule has 0 saturated carbocycles. The molecule has 3 heteroatoms. The third-order valence-corrected chi connectivity index (χ3v) is 1.71. The minimum atomic E-state index is 0.116. The Hall–Kier alpha value is -0.120. The normalized spacial score (nSPS) is 11.5. The molecule has 0 amide bonds. The van der Waals surface area contributed by atoms with Crippen LogP contribution in [0.3, 0.4) is 0 Å². The minimum Gasteiger partial charge on any atom is -0.394 e. The molecule has 0 aromatic heterocycles. The summed E-state index contributed by atoms with van der Waals surface area (Å²) in [5, 5.41) is 8.40. The van der Waals surface area contributed by atoms with Gasteiger partial charge in [0, 0.05) is 12.6 Å². The lowest BCUT2D eigenvalue weighted by molar-refractivity contribution is 0.0734. The summed E-state index contributed by atoms with van der Waals surface area (Å²) in [6, 6.07) is 0.563. The van der Waals surface area contributed by atoms with Crippen molar-refractivity contribution in [2.24, 2.45) is 0 Å². The van der Waals surface area contributed by atoms with E-state index in [1.165, 1.54) is 0 Å². The first kappa shape index (κ1) is 10.9. The van der Waals surface area contributed by atoms with Crippen molar-refractivity contribution in [2.75, 3.05) is 33.4 Å². The van der Waals surface area contributed by atoms with Gasteiger partial charge >= 0.3 is 0 Å². The van der Waals surface area contributed by atoms with Crippen LogP contribution in [0.1, 0.15) is 13.8 Å². The first-order chi connectivity index (χ1) is 5.18. The van der Waals surface area contributed by atoms with E-state index in [1.54, 1.807) is 0 Å². The summed E-state index contributed by atoms with van der Waals surface area (Å²) < 4.78 is 5.11. The Kier molecular flexibility index (Phi) is 6.51. The highest BCUT2D eigenvalue weighted by molar-refractivity contribution is 4.55. The van der Waals surface area contributed by atoms with Crippen molar-refractivity contribution in [3.8, 4) is 0 Å². The molecular weight excluding hydrogens is 142 g/mol. The Morgan fingerprint density at radius 1 is 1.36 bits per heavy atom. The molecule has 3 nitrogen and oxygen atoms in total. The number of nitrogens with zero attached hydrogens (tertiary/aromatic N) is 1. The predicted molar refractivity (Wildman–Crippen MR) is 45.7 cm³/mol. The highest BCUT2D eigenvalue weighted by Crippen LogP contribution is 1.91. The second-order valence-corrected chi connectivity index (χ2v) is 2.91. The van der Waals surface area contributed by atoms with E-state index in [2.05, 4.69) is 25.8 Å². The van der Waals surface area contributed by atoms with E-state index in [-0.39, 0.29) is 6.61 Å². The van der Waals surface area contributed by atoms with Gasteiger partial charge in [0.1, 0.15) is 0 Å². The predicted octanol–water partition coefficient (Wildman–Crippen LogP) is 0.336. The summed E-state index contributed by atoms with van der Waals surface area (Å²) in [4.78, 5) is 2.21. The zero-order chi connectivity index (χ0) is 8.69. The summed E-state index contributed by atoms with van der Waals surface area (Å²) >= 11 is 0. The molecule has 0 aromatic carbocycles. The van der Waals surface area contributed by atoms with Crippen LogP contribution in [-0.2, 0) is 4.74 Å². The average molecular weight is 161 g/mol. The fourth-order valence-corrected chi connectivity index (χ4v) is 0.633. The minimum absolute atomic E-state index is 0.116. The lowest BCUT2D eigenvalue weighted by Gasteiger charge is -2.20. The summed E-state index contributed by atoms with van der Waals surface area (Å²) in [6.45, 7) is 6.49. The molecule has 0 saturated heterocycles. The molecule has 0 aliphatic carbocycles. The maximum atomic E-state index is 8.40. The van der Waals surface area contributed by atoms with Crippen LogP contribution in [0, 0.1) is 0 Å². The van der Waals surface area contributed by atoms with Gasteiger partial charge in [-0.25, -0.2) is 0 Å². The Morgan fingerprint density at radius 3 is 2.45 bits per heavy atom. The fraction of sp³-hybridized carbons (Fsp3) is 1.00. The number of rotatable bonds is 6. The molecule has 0 atom stereocenters. The van der Waals surface area contributed by atoms with Crippen LogP contribution in [0.5, 0.6) is 0 Å². The van der Waals surface area contributed by atoms with E-state index in [0.29, 0.717) is 19.3 Å². The highest BCUT2D eigenvalue weighted by atomic mass is 16.5. The zero-order valence-electron chi connectivity index (χ0n) is 7.71. The summed E-state index contributed by atoms with van der Waals surface area (Å²) in [6.07, 6.45) is 0. The van der Waals surface area contributed by atoms with Gasteiger partial charge in [-0.1, -0.05) is 0 Å². The summed E-state index contributed by atoms with van der Waals surface area (Å²) in [5.41, 5.74) is 0. The fourth-order valence-electron chi connectivity index (χ4n) is 0.633. The molecule has 0 aromatic rings. The maximum Gasteiger partial charge on any atom is 0.0698 e. The van der Waals surface area contributed by atoms with E-state index in [4.69, 9.17) is 9.84 Å². The van der Waals surface area contributed by atoms with Crippen LogP contribution in [0.15, 0.2) is 0 Å². The van der Waals surface area contributed by atoms with E-state index < -0.39 is 0 Å². The van der Waals surface area contributed by atoms with Gasteiger partial charge in [0.25, 0.3) is 0 Å². The quantitative estimate of drug-likeness (QED) is 0.570. The van der Waals surface area contributed by atoms with Gasteiger partial charge in [-0.15, -0.1) is 0 Å². The van der Waals surface area contributed by atoms with Crippen LogP contribution in [0.4, 0.5) is 0 Å². The number of likely N-dealkylation sites (N-methyl/N-ethyl adjacent to an activating group) is 1. The van der Waals surface area contributed by atoms with E-state index in [9.17, 15) is 0 Å². The second-order valence-electron chi connectivity index (χ2n) is 2.91. The molecule has 0 heterocycles. The molecular formula is C8H19NO2. The van der Waals surface area contributed by atoms with E-state index in [0.717, 1.165) is 6.54 Å². The van der Waals surface area contributed by atoms with Crippen molar-refractivity contribution in [3.05, 3.63) is 0 Å². The number of hydrogen-bond acceptors (Lipinski definition) is 3. The summed E-state index contributed by atoms with van der Waals surface area (Å²) in [7, 11) is 2.06. The van der Waals surface area contributed by atoms with Crippen LogP contribution < -0.4 is 0 Å². The first-order valence-electron chi connectivity index (χ1n) is 4.07. The maximum absolute atomic E-state index is 8.40. The van der Waals surface area contributed by atoms with Gasteiger partial charge in [-0.05, 0) is 20.9 Å². The van der Waals surface area contributed by atoms with Crippen molar-refractivity contribution >= 4 is 0 Å². The molecule has 68 valence electrons. The van der Waals surface area contributed by atoms with Gasteiger partial charge < -0.3 is 14.7 Å². The number of aliphatic hydroxyl groups excluding tert-OH is 1. The molecule has 0 aliphatic heterocycles. The van der Waals surface area contributed by atoms with E-state index in [1.807, 2.05) is 0 Å². The zero-order valence-corrected chi connectivity index (χ0v) is 7.71. The Morgan fingerprint density at radius 2 is 2.00 bits per heavy atom. The molecule has 1 N–H and O–H groups in total. The van der Waals surface area contributed by atoms with E-state index >= 15 is 0 Å². The van der Waals surface area contributed by atoms with Gasteiger partial charge in [0.05, 0.1) is 19.8 Å². The SMILES string of the molecule is CC(C)N(C)CCOCCO. The standard InChI is InChI=1S/C8H19NO2/c1-8(2)9(3)4-6-11-7-5-10/h8,10H,4-7H2,1-3H3. The lowest BCUT2D eigenvalue weighted by Crippen LogP contribution is -2.30. The van der Waals surface area contributed by atoms with Crippen molar-refractivity contribution in [1.29, 1.82) is 0 Å². The van der Waals surface area contributed by atoms with Gasteiger partial charge in [-0.3, -0.25) is 0 Å². The number of hydrogen-bond donors (Lipinski definition) is 1. The molecule has 11 heavy (non-hydrogen) atoms. The molecule has 0 rings (SSSR count).